The summed E-state index contributed by atoms with van der Waals surface area (Å²) >= 11 is 19.4. The van der Waals surface area contributed by atoms with E-state index in [0.717, 1.165) is 33.4 Å². The van der Waals surface area contributed by atoms with E-state index in [1.54, 1.807) is 0 Å². The van der Waals surface area contributed by atoms with E-state index >= 15 is 0 Å². The molecule has 5 aliphatic rings. The molecule has 27 heavy (non-hydrogen) atoms. The average Bonchev–Trinajstić information content (AvgIpc) is 2.86. The number of halogens is 3. The van der Waals surface area contributed by atoms with Crippen molar-refractivity contribution < 1.29 is 0 Å². The molecule has 2 aromatic carbocycles. The molecule has 4 bridgehead atoms. The van der Waals surface area contributed by atoms with Crippen LogP contribution in [-0.2, 0) is 0 Å². The van der Waals surface area contributed by atoms with E-state index in [4.69, 9.17) is 34.8 Å². The predicted molar refractivity (Wildman–Crippen MR) is 113 cm³/mol. The SMILES string of the molecule is Clc1ccc2c(c1)C(NC13CC4CC(CC(C4)C1)C3)c1cc(Cl)cc(Cl)c1-2. The molecule has 0 amide bonds. The normalized spacial score (nSPS) is 35.4. The van der Waals surface area contributed by atoms with Crippen LogP contribution in [-0.4, -0.2) is 5.54 Å². The number of hydrogen-bond acceptors (Lipinski definition) is 1. The molecule has 7 rings (SSSR count). The van der Waals surface area contributed by atoms with Crippen molar-refractivity contribution in [1.29, 1.82) is 0 Å². The van der Waals surface area contributed by atoms with Crippen molar-refractivity contribution in [1.82, 2.24) is 5.32 Å². The minimum Gasteiger partial charge on any atom is -0.301 e. The van der Waals surface area contributed by atoms with Gasteiger partial charge < -0.3 is 5.32 Å². The fraction of sp³-hybridized carbons (Fsp3) is 0.478. The summed E-state index contributed by atoms with van der Waals surface area (Å²) in [5.74, 6) is 2.73. The van der Waals surface area contributed by atoms with Crippen molar-refractivity contribution in [2.75, 3.05) is 0 Å². The summed E-state index contributed by atoms with van der Waals surface area (Å²) in [5, 5.41) is 6.36. The Morgan fingerprint density at radius 3 is 2.07 bits per heavy atom. The molecule has 2 aromatic rings. The monoisotopic (exact) mass is 417 g/mol. The Kier molecular flexibility index (Phi) is 3.74. The highest BCUT2D eigenvalue weighted by Crippen LogP contribution is 2.58. The van der Waals surface area contributed by atoms with Gasteiger partial charge in [0.25, 0.3) is 0 Å². The summed E-state index contributed by atoms with van der Waals surface area (Å²) in [6.45, 7) is 0. The van der Waals surface area contributed by atoms with E-state index in [-0.39, 0.29) is 11.6 Å². The molecule has 0 heterocycles. The number of benzene rings is 2. The summed E-state index contributed by atoms with van der Waals surface area (Å²) in [5.41, 5.74) is 5.03. The third-order valence-electron chi connectivity index (χ3n) is 7.48. The second-order valence-corrected chi connectivity index (χ2v) is 10.6. The van der Waals surface area contributed by atoms with Gasteiger partial charge in [0, 0.05) is 21.1 Å². The minimum atomic E-state index is 0.126. The van der Waals surface area contributed by atoms with Crippen molar-refractivity contribution in [2.24, 2.45) is 17.8 Å². The van der Waals surface area contributed by atoms with Gasteiger partial charge >= 0.3 is 0 Å². The fourth-order valence-electron chi connectivity index (χ4n) is 7.02. The second kappa shape index (κ2) is 5.89. The largest absolute Gasteiger partial charge is 0.301 e. The summed E-state index contributed by atoms with van der Waals surface area (Å²) < 4.78 is 0. The van der Waals surface area contributed by atoms with Gasteiger partial charge in [0.05, 0.1) is 11.1 Å². The Morgan fingerprint density at radius 1 is 0.778 bits per heavy atom. The number of fused-ring (bicyclic) bond motifs is 3. The zero-order valence-electron chi connectivity index (χ0n) is 15.1. The molecule has 4 heteroatoms. The van der Waals surface area contributed by atoms with Crippen molar-refractivity contribution in [3.63, 3.8) is 0 Å². The van der Waals surface area contributed by atoms with Crippen LogP contribution in [0.3, 0.4) is 0 Å². The molecule has 0 radical (unpaired) electrons. The zero-order valence-corrected chi connectivity index (χ0v) is 17.3. The van der Waals surface area contributed by atoms with Crippen molar-refractivity contribution in [3.8, 4) is 11.1 Å². The smallest absolute Gasteiger partial charge is 0.0594 e. The zero-order chi connectivity index (χ0) is 18.3. The first-order valence-electron chi connectivity index (χ1n) is 10.1. The van der Waals surface area contributed by atoms with Crippen LogP contribution in [0.25, 0.3) is 11.1 Å². The van der Waals surface area contributed by atoms with E-state index in [0.29, 0.717) is 5.02 Å². The van der Waals surface area contributed by atoms with E-state index < -0.39 is 0 Å². The van der Waals surface area contributed by atoms with Gasteiger partial charge in [-0.3, -0.25) is 0 Å². The molecule has 1 atom stereocenters. The molecule has 0 spiro atoms. The first kappa shape index (κ1) is 17.2. The maximum absolute atomic E-state index is 6.64. The summed E-state index contributed by atoms with van der Waals surface area (Å²) in [4.78, 5) is 0. The van der Waals surface area contributed by atoms with Crippen LogP contribution in [0.1, 0.15) is 55.7 Å². The lowest BCUT2D eigenvalue weighted by atomic mass is 9.53. The van der Waals surface area contributed by atoms with Gasteiger partial charge in [-0.2, -0.15) is 0 Å². The maximum Gasteiger partial charge on any atom is 0.0594 e. The summed E-state index contributed by atoms with van der Waals surface area (Å²) in [6.07, 6.45) is 8.28. The van der Waals surface area contributed by atoms with Crippen LogP contribution in [0.5, 0.6) is 0 Å². The third kappa shape index (κ3) is 2.62. The molecule has 1 N–H and O–H groups in total. The van der Waals surface area contributed by atoms with Gasteiger partial charge in [0.15, 0.2) is 0 Å². The van der Waals surface area contributed by atoms with Crippen LogP contribution in [0, 0.1) is 17.8 Å². The second-order valence-electron chi connectivity index (χ2n) is 9.36. The van der Waals surface area contributed by atoms with Gasteiger partial charge in [-0.05, 0) is 97.2 Å². The van der Waals surface area contributed by atoms with Crippen LogP contribution in [0.15, 0.2) is 30.3 Å². The van der Waals surface area contributed by atoms with Crippen molar-refractivity contribution >= 4 is 34.8 Å². The Labute approximate surface area is 175 Å². The lowest BCUT2D eigenvalue weighted by molar-refractivity contribution is -0.0232. The average molecular weight is 419 g/mol. The molecule has 140 valence electrons. The quantitative estimate of drug-likeness (QED) is 0.540. The number of hydrogen-bond donors (Lipinski definition) is 1. The molecule has 1 unspecified atom stereocenters. The maximum atomic E-state index is 6.64. The van der Waals surface area contributed by atoms with Crippen molar-refractivity contribution in [2.45, 2.75) is 50.1 Å². The predicted octanol–water partition coefficient (Wildman–Crippen LogP) is 7.28. The van der Waals surface area contributed by atoms with Crippen LogP contribution >= 0.6 is 34.8 Å². The first-order valence-corrected chi connectivity index (χ1v) is 11.2. The molecule has 0 saturated heterocycles. The number of nitrogens with one attached hydrogen (secondary N) is 1. The van der Waals surface area contributed by atoms with Gasteiger partial charge in [-0.25, -0.2) is 0 Å². The lowest BCUT2D eigenvalue weighted by Gasteiger charge is -2.58. The van der Waals surface area contributed by atoms with Crippen LogP contribution in [0.4, 0.5) is 0 Å². The molecule has 0 aromatic heterocycles. The van der Waals surface area contributed by atoms with Crippen LogP contribution < -0.4 is 5.32 Å². The molecule has 5 aliphatic carbocycles. The highest BCUT2D eigenvalue weighted by Gasteiger charge is 2.52. The summed E-state index contributed by atoms with van der Waals surface area (Å²) in [6, 6.07) is 10.3. The van der Waals surface area contributed by atoms with Gasteiger partial charge in [0.1, 0.15) is 0 Å². The van der Waals surface area contributed by atoms with E-state index in [1.807, 2.05) is 12.1 Å². The molecule has 4 fully saturated rings. The van der Waals surface area contributed by atoms with Gasteiger partial charge in [-0.15, -0.1) is 0 Å². The van der Waals surface area contributed by atoms with Gasteiger partial charge in [-0.1, -0.05) is 40.9 Å². The number of rotatable bonds is 2. The summed E-state index contributed by atoms with van der Waals surface area (Å²) in [7, 11) is 0. The van der Waals surface area contributed by atoms with Crippen LogP contribution in [0.2, 0.25) is 15.1 Å². The topological polar surface area (TPSA) is 12.0 Å². The Bertz CT molecular complexity index is 916. The highest BCUT2D eigenvalue weighted by atomic mass is 35.5. The van der Waals surface area contributed by atoms with Gasteiger partial charge in [0.2, 0.25) is 0 Å². The first-order chi connectivity index (χ1) is 13.0. The lowest BCUT2D eigenvalue weighted by Crippen LogP contribution is -2.59. The Balaban J connectivity index is 1.47. The fourth-order valence-corrected chi connectivity index (χ4v) is 7.81. The Hall–Kier alpha value is -0.730. The molecular weight excluding hydrogens is 397 g/mol. The standard InChI is InChI=1S/C23H22Cl3N/c24-15-1-2-17-18(6-15)22(19-7-16(25)8-20(26)21(17)19)27-23-9-12-3-13(10-23)5-14(4-12)11-23/h1-2,6-8,12-14,22,27H,3-5,9-11H2. The Morgan fingerprint density at radius 2 is 1.41 bits per heavy atom. The molecule has 1 nitrogen and oxygen atoms in total. The highest BCUT2D eigenvalue weighted by molar-refractivity contribution is 6.37. The van der Waals surface area contributed by atoms with E-state index in [2.05, 4.69) is 23.5 Å². The van der Waals surface area contributed by atoms with E-state index in [9.17, 15) is 0 Å². The molecule has 4 saturated carbocycles. The molecular formula is C23H22Cl3N. The van der Waals surface area contributed by atoms with Crippen molar-refractivity contribution in [3.05, 3.63) is 56.5 Å². The molecule has 0 aliphatic heterocycles. The minimum absolute atomic E-state index is 0.126. The third-order valence-corrected chi connectivity index (χ3v) is 8.23. The van der Waals surface area contributed by atoms with E-state index in [1.165, 1.54) is 55.2 Å².